The van der Waals surface area contributed by atoms with Crippen molar-refractivity contribution >= 4 is 11.6 Å². The molecule has 1 saturated heterocycles. The summed E-state index contributed by atoms with van der Waals surface area (Å²) in [5, 5.41) is 3.92. The van der Waals surface area contributed by atoms with Gasteiger partial charge in [0.2, 0.25) is 11.8 Å². The Bertz CT molecular complexity index is 711. The highest BCUT2D eigenvalue weighted by Gasteiger charge is 2.36. The second-order valence-electron chi connectivity index (χ2n) is 6.01. The predicted octanol–water partition coefficient (Wildman–Crippen LogP) is 3.16. The van der Waals surface area contributed by atoms with E-state index < -0.39 is 5.82 Å². The quantitative estimate of drug-likeness (QED) is 0.874. The normalized spacial score (nSPS) is 18.5. The van der Waals surface area contributed by atoms with E-state index in [4.69, 9.17) is 4.52 Å². The van der Waals surface area contributed by atoms with E-state index >= 15 is 0 Å². The highest BCUT2D eigenvalue weighted by Crippen LogP contribution is 2.33. The van der Waals surface area contributed by atoms with Crippen LogP contribution in [-0.2, 0) is 4.79 Å². The van der Waals surface area contributed by atoms with Gasteiger partial charge in [-0.05, 0) is 24.6 Å². The zero-order valence-electron chi connectivity index (χ0n) is 12.8. The molecule has 0 saturated carbocycles. The van der Waals surface area contributed by atoms with Crippen molar-refractivity contribution < 1.29 is 13.7 Å². The molecule has 1 amide bonds. The minimum absolute atomic E-state index is 0.126. The van der Waals surface area contributed by atoms with Crippen LogP contribution in [0.1, 0.15) is 49.4 Å². The smallest absolute Gasteiger partial charge is 0.232 e. The minimum atomic E-state index is -0.395. The summed E-state index contributed by atoms with van der Waals surface area (Å²) in [5.74, 6) is 0.536. The van der Waals surface area contributed by atoms with Gasteiger partial charge in [-0.25, -0.2) is 4.39 Å². The van der Waals surface area contributed by atoms with Crippen molar-refractivity contribution in [2.24, 2.45) is 0 Å². The Morgan fingerprint density at radius 2 is 2.18 bits per heavy atom. The van der Waals surface area contributed by atoms with Crippen molar-refractivity contribution in [2.75, 3.05) is 11.4 Å². The van der Waals surface area contributed by atoms with Crippen molar-refractivity contribution in [2.45, 2.75) is 39.0 Å². The van der Waals surface area contributed by atoms with Gasteiger partial charge in [0, 0.05) is 18.9 Å². The molecule has 0 aliphatic carbocycles. The Kier molecular flexibility index (Phi) is 3.68. The highest BCUT2D eigenvalue weighted by molar-refractivity contribution is 5.96. The van der Waals surface area contributed by atoms with Gasteiger partial charge in [-0.1, -0.05) is 25.1 Å². The zero-order chi connectivity index (χ0) is 15.9. The molecule has 0 radical (unpaired) electrons. The second kappa shape index (κ2) is 5.51. The van der Waals surface area contributed by atoms with E-state index in [0.717, 1.165) is 5.56 Å². The second-order valence-corrected chi connectivity index (χ2v) is 6.01. The maximum atomic E-state index is 14.0. The molecule has 5 nitrogen and oxygen atoms in total. The summed E-state index contributed by atoms with van der Waals surface area (Å²) in [6.45, 7) is 6.18. The molecule has 3 rings (SSSR count). The van der Waals surface area contributed by atoms with Crippen molar-refractivity contribution in [3.05, 3.63) is 41.3 Å². The van der Waals surface area contributed by atoms with Gasteiger partial charge in [0.1, 0.15) is 5.82 Å². The van der Waals surface area contributed by atoms with Crippen LogP contribution in [0.3, 0.4) is 0 Å². The molecule has 1 aliphatic rings. The molecule has 1 unspecified atom stereocenters. The molecule has 1 aromatic carbocycles. The molecule has 0 bridgehead atoms. The van der Waals surface area contributed by atoms with Gasteiger partial charge >= 0.3 is 0 Å². The maximum Gasteiger partial charge on any atom is 0.232 e. The van der Waals surface area contributed by atoms with E-state index in [-0.39, 0.29) is 24.2 Å². The Labute approximate surface area is 128 Å². The molecule has 0 spiro atoms. The maximum absolute atomic E-state index is 14.0. The first-order valence-electron chi connectivity index (χ1n) is 7.35. The number of nitrogens with zero attached hydrogens (tertiary/aromatic N) is 3. The van der Waals surface area contributed by atoms with Crippen molar-refractivity contribution in [1.29, 1.82) is 0 Å². The summed E-state index contributed by atoms with van der Waals surface area (Å²) in [7, 11) is 0. The largest absolute Gasteiger partial charge is 0.339 e. The predicted molar refractivity (Wildman–Crippen MR) is 79.2 cm³/mol. The summed E-state index contributed by atoms with van der Waals surface area (Å²) in [6.07, 6.45) is 0.257. The third-order valence-corrected chi connectivity index (χ3v) is 3.84. The van der Waals surface area contributed by atoms with Crippen LogP contribution in [0.4, 0.5) is 10.1 Å². The van der Waals surface area contributed by atoms with Crippen LogP contribution in [0.15, 0.2) is 22.7 Å². The lowest BCUT2D eigenvalue weighted by atomic mass is 10.1. The molecule has 2 aromatic rings. The first-order chi connectivity index (χ1) is 10.5. The van der Waals surface area contributed by atoms with Crippen molar-refractivity contribution in [1.82, 2.24) is 10.1 Å². The third kappa shape index (κ3) is 2.61. The van der Waals surface area contributed by atoms with Gasteiger partial charge in [0.15, 0.2) is 5.82 Å². The van der Waals surface area contributed by atoms with E-state index in [2.05, 4.69) is 10.1 Å². The number of carbonyl (C=O) groups is 1. The van der Waals surface area contributed by atoms with Gasteiger partial charge in [-0.15, -0.1) is 0 Å². The van der Waals surface area contributed by atoms with E-state index in [0.29, 0.717) is 23.9 Å². The number of rotatable bonds is 3. The number of hydrogen-bond acceptors (Lipinski definition) is 4. The van der Waals surface area contributed by atoms with Gasteiger partial charge in [-0.3, -0.25) is 4.79 Å². The first kappa shape index (κ1) is 14.7. The van der Waals surface area contributed by atoms with Crippen LogP contribution in [-0.4, -0.2) is 22.6 Å². The monoisotopic (exact) mass is 303 g/mol. The zero-order valence-corrected chi connectivity index (χ0v) is 12.8. The molecule has 2 heterocycles. The standard InChI is InChI=1S/C16H18FN3O2/c1-9(2)15-18-16(22-19-15)11-7-14(21)20(8-11)13-6-10(3)4-5-12(13)17/h4-6,9,11H,7-8H2,1-3H3. The number of aryl methyl sites for hydroxylation is 1. The fourth-order valence-corrected chi connectivity index (χ4v) is 2.58. The van der Waals surface area contributed by atoms with E-state index in [1.165, 1.54) is 11.0 Å². The molecule has 1 fully saturated rings. The molecule has 1 atom stereocenters. The van der Waals surface area contributed by atoms with Crippen LogP contribution < -0.4 is 4.90 Å². The SMILES string of the molecule is Cc1ccc(F)c(N2CC(c3nc(C(C)C)no3)CC2=O)c1. The number of carbonyl (C=O) groups excluding carboxylic acids is 1. The number of benzene rings is 1. The molecular formula is C16H18FN3O2. The van der Waals surface area contributed by atoms with Gasteiger partial charge in [0.05, 0.1) is 11.6 Å². The third-order valence-electron chi connectivity index (χ3n) is 3.84. The van der Waals surface area contributed by atoms with E-state index in [1.54, 1.807) is 12.1 Å². The molecule has 22 heavy (non-hydrogen) atoms. The lowest BCUT2D eigenvalue weighted by molar-refractivity contribution is -0.117. The fourth-order valence-electron chi connectivity index (χ4n) is 2.58. The first-order valence-corrected chi connectivity index (χ1v) is 7.35. The average molecular weight is 303 g/mol. The molecular weight excluding hydrogens is 285 g/mol. The number of anilines is 1. The number of hydrogen-bond donors (Lipinski definition) is 0. The molecule has 116 valence electrons. The summed E-state index contributed by atoms with van der Waals surface area (Å²) < 4.78 is 19.3. The summed E-state index contributed by atoms with van der Waals surface area (Å²) in [4.78, 5) is 18.0. The van der Waals surface area contributed by atoms with Crippen LogP contribution in [0.5, 0.6) is 0 Å². The molecule has 1 aliphatic heterocycles. The highest BCUT2D eigenvalue weighted by atomic mass is 19.1. The lowest BCUT2D eigenvalue weighted by Gasteiger charge is -2.17. The van der Waals surface area contributed by atoms with Gasteiger partial charge < -0.3 is 9.42 Å². The Balaban J connectivity index is 1.85. The number of halogens is 1. The van der Waals surface area contributed by atoms with Crippen LogP contribution in [0, 0.1) is 12.7 Å². The Hall–Kier alpha value is -2.24. The minimum Gasteiger partial charge on any atom is -0.339 e. The van der Waals surface area contributed by atoms with Crippen LogP contribution in [0.2, 0.25) is 0 Å². The van der Waals surface area contributed by atoms with Crippen molar-refractivity contribution in [3.63, 3.8) is 0 Å². The fraction of sp³-hybridized carbons (Fsp3) is 0.438. The number of amides is 1. The molecule has 1 aromatic heterocycles. The van der Waals surface area contributed by atoms with Gasteiger partial charge in [-0.2, -0.15) is 4.98 Å². The lowest BCUT2D eigenvalue weighted by Crippen LogP contribution is -2.25. The number of aromatic nitrogens is 2. The molecule has 6 heteroatoms. The van der Waals surface area contributed by atoms with E-state index in [9.17, 15) is 9.18 Å². The van der Waals surface area contributed by atoms with Crippen molar-refractivity contribution in [3.8, 4) is 0 Å². The Morgan fingerprint density at radius 3 is 2.86 bits per heavy atom. The van der Waals surface area contributed by atoms with Crippen LogP contribution in [0.25, 0.3) is 0 Å². The van der Waals surface area contributed by atoms with E-state index in [1.807, 2.05) is 20.8 Å². The summed E-state index contributed by atoms with van der Waals surface area (Å²) >= 11 is 0. The van der Waals surface area contributed by atoms with Crippen LogP contribution >= 0.6 is 0 Å². The topological polar surface area (TPSA) is 59.2 Å². The average Bonchev–Trinajstić information content (AvgIpc) is 3.08. The van der Waals surface area contributed by atoms with Gasteiger partial charge in [0.25, 0.3) is 0 Å². The summed E-state index contributed by atoms with van der Waals surface area (Å²) in [5.41, 5.74) is 1.23. The molecule has 0 N–H and O–H groups in total. The Morgan fingerprint density at radius 1 is 1.41 bits per heavy atom. The summed E-state index contributed by atoms with van der Waals surface area (Å²) in [6, 6.07) is 4.75.